The summed E-state index contributed by atoms with van der Waals surface area (Å²) in [7, 11) is -1.60. The Morgan fingerprint density at radius 3 is 2.48 bits per heavy atom. The Bertz CT molecular complexity index is 1220. The molecule has 1 saturated heterocycles. The number of nitrogens with one attached hydrogen (secondary N) is 1. The van der Waals surface area contributed by atoms with Gasteiger partial charge in [0.25, 0.3) is 5.91 Å². The van der Waals surface area contributed by atoms with E-state index in [0.717, 1.165) is 34.4 Å². The van der Waals surface area contributed by atoms with Crippen LogP contribution in [0.2, 0.25) is 0 Å². The van der Waals surface area contributed by atoms with Crippen molar-refractivity contribution in [1.29, 1.82) is 0 Å². The second-order valence-electron chi connectivity index (χ2n) is 7.12. The number of hydrogen-bond acceptors (Lipinski definition) is 5. The molecule has 0 aliphatic carbocycles. The highest BCUT2D eigenvalue weighted by Crippen LogP contribution is 2.22. The van der Waals surface area contributed by atoms with E-state index in [4.69, 9.17) is 0 Å². The number of benzene rings is 2. The van der Waals surface area contributed by atoms with Crippen LogP contribution >= 0.6 is 11.3 Å². The van der Waals surface area contributed by atoms with Gasteiger partial charge in [-0.15, -0.1) is 0 Å². The van der Waals surface area contributed by atoms with E-state index in [-0.39, 0.29) is 16.5 Å². The van der Waals surface area contributed by atoms with Crippen LogP contribution < -0.4 is 10.2 Å². The van der Waals surface area contributed by atoms with E-state index in [1.807, 2.05) is 0 Å². The van der Waals surface area contributed by atoms with Gasteiger partial charge in [0.15, 0.2) is 0 Å². The average molecular weight is 432 g/mol. The zero-order valence-electron chi connectivity index (χ0n) is 15.9. The highest BCUT2D eigenvalue weighted by Gasteiger charge is 2.25. The van der Waals surface area contributed by atoms with Crippen molar-refractivity contribution in [2.75, 3.05) is 18.4 Å². The molecule has 0 radical (unpaired) electrons. The van der Waals surface area contributed by atoms with Crippen molar-refractivity contribution in [2.45, 2.75) is 18.6 Å². The van der Waals surface area contributed by atoms with E-state index in [1.54, 1.807) is 54.1 Å². The Labute approximate surface area is 172 Å². The molecule has 2 aromatic carbocycles. The number of amides is 1. The van der Waals surface area contributed by atoms with Crippen molar-refractivity contribution >= 4 is 43.2 Å². The first-order valence-electron chi connectivity index (χ1n) is 9.31. The number of thiazole rings is 1. The minimum atomic E-state index is -3.31. The van der Waals surface area contributed by atoms with Crippen molar-refractivity contribution in [3.8, 4) is 0 Å². The third kappa shape index (κ3) is 4.12. The minimum absolute atomic E-state index is 0.0528. The first-order valence-corrected chi connectivity index (χ1v) is 11.7. The molecule has 0 unspecified atom stereocenters. The van der Waals surface area contributed by atoms with Gasteiger partial charge in [-0.1, -0.05) is 23.5 Å². The van der Waals surface area contributed by atoms with Gasteiger partial charge in [-0.2, -0.15) is 0 Å². The Balaban J connectivity index is 1.46. The fourth-order valence-corrected chi connectivity index (χ4v) is 5.97. The van der Waals surface area contributed by atoms with Crippen LogP contribution in [0.1, 0.15) is 28.8 Å². The van der Waals surface area contributed by atoms with E-state index in [2.05, 4.69) is 5.32 Å². The molecule has 0 spiro atoms. The van der Waals surface area contributed by atoms with Gasteiger partial charge in [0.1, 0.15) is 0 Å². The summed E-state index contributed by atoms with van der Waals surface area (Å²) in [6, 6.07) is 11.9. The SMILES string of the molecule is Cn1c(=O)sc2cc(NC(=O)c3ccc(CS(=O)(=O)N4CCCC4)cc3)ccc21. The minimum Gasteiger partial charge on any atom is -0.322 e. The highest BCUT2D eigenvalue weighted by molar-refractivity contribution is 7.88. The zero-order chi connectivity index (χ0) is 20.6. The van der Waals surface area contributed by atoms with Crippen LogP contribution in [-0.4, -0.2) is 36.3 Å². The van der Waals surface area contributed by atoms with E-state index in [9.17, 15) is 18.0 Å². The number of nitrogens with zero attached hydrogens (tertiary/aromatic N) is 2. The number of aryl methyl sites for hydroxylation is 1. The summed E-state index contributed by atoms with van der Waals surface area (Å²) >= 11 is 1.13. The number of carbonyl (C=O) groups excluding carboxylic acids is 1. The van der Waals surface area contributed by atoms with Crippen LogP contribution in [0.5, 0.6) is 0 Å². The molecule has 7 nitrogen and oxygen atoms in total. The number of rotatable bonds is 5. The van der Waals surface area contributed by atoms with Gasteiger partial charge in [0.05, 0.1) is 16.0 Å². The fourth-order valence-electron chi connectivity index (χ4n) is 3.44. The van der Waals surface area contributed by atoms with Crippen molar-refractivity contribution in [1.82, 2.24) is 8.87 Å². The molecule has 0 saturated carbocycles. The number of hydrogen-bond donors (Lipinski definition) is 1. The lowest BCUT2D eigenvalue weighted by molar-refractivity contribution is 0.102. The molecular weight excluding hydrogens is 410 g/mol. The predicted molar refractivity (Wildman–Crippen MR) is 115 cm³/mol. The van der Waals surface area contributed by atoms with Gasteiger partial charge in [0.2, 0.25) is 10.0 Å². The molecule has 1 N–H and O–H groups in total. The van der Waals surface area contributed by atoms with Gasteiger partial charge < -0.3 is 9.88 Å². The van der Waals surface area contributed by atoms with Gasteiger partial charge in [0, 0.05) is 31.4 Å². The quantitative estimate of drug-likeness (QED) is 0.673. The first kappa shape index (κ1) is 19.8. The lowest BCUT2D eigenvalue weighted by Gasteiger charge is -2.15. The summed E-state index contributed by atoms with van der Waals surface area (Å²) < 4.78 is 28.7. The lowest BCUT2D eigenvalue weighted by Crippen LogP contribution is -2.29. The lowest BCUT2D eigenvalue weighted by atomic mass is 10.1. The molecule has 0 bridgehead atoms. The third-order valence-electron chi connectivity index (χ3n) is 5.07. The van der Waals surface area contributed by atoms with Gasteiger partial charge in [-0.3, -0.25) is 9.59 Å². The smallest absolute Gasteiger partial charge is 0.307 e. The monoisotopic (exact) mass is 431 g/mol. The normalized spacial score (nSPS) is 15.1. The van der Waals surface area contributed by atoms with Gasteiger partial charge in [-0.05, 0) is 48.7 Å². The van der Waals surface area contributed by atoms with Crippen LogP contribution in [0.4, 0.5) is 5.69 Å². The van der Waals surface area contributed by atoms with Gasteiger partial charge >= 0.3 is 4.87 Å². The maximum absolute atomic E-state index is 12.5. The molecule has 1 fully saturated rings. The van der Waals surface area contributed by atoms with Crippen LogP contribution in [0.15, 0.2) is 47.3 Å². The molecule has 4 rings (SSSR count). The van der Waals surface area contributed by atoms with Crippen molar-refractivity contribution in [2.24, 2.45) is 7.05 Å². The van der Waals surface area contributed by atoms with Crippen LogP contribution in [0, 0.1) is 0 Å². The molecular formula is C20H21N3O4S2. The summed E-state index contributed by atoms with van der Waals surface area (Å²) in [4.78, 5) is 24.2. The summed E-state index contributed by atoms with van der Waals surface area (Å²) in [5.41, 5.74) is 2.52. The maximum atomic E-state index is 12.5. The number of anilines is 1. The number of aromatic nitrogens is 1. The van der Waals surface area contributed by atoms with E-state index < -0.39 is 10.0 Å². The van der Waals surface area contributed by atoms with Crippen LogP contribution in [-0.2, 0) is 22.8 Å². The Morgan fingerprint density at radius 1 is 1.10 bits per heavy atom. The Hall–Kier alpha value is -2.49. The van der Waals surface area contributed by atoms with E-state index in [0.29, 0.717) is 29.9 Å². The van der Waals surface area contributed by atoms with Crippen LogP contribution in [0.3, 0.4) is 0 Å². The average Bonchev–Trinajstić information content (AvgIpc) is 3.32. The molecule has 1 aliphatic heterocycles. The topological polar surface area (TPSA) is 88.5 Å². The summed E-state index contributed by atoms with van der Waals surface area (Å²) in [5, 5.41) is 2.82. The maximum Gasteiger partial charge on any atom is 0.307 e. The molecule has 1 aromatic heterocycles. The van der Waals surface area contributed by atoms with Crippen molar-refractivity contribution in [3.05, 3.63) is 63.3 Å². The van der Waals surface area contributed by atoms with Crippen LogP contribution in [0.25, 0.3) is 10.2 Å². The predicted octanol–water partition coefficient (Wildman–Crippen LogP) is 2.78. The first-order chi connectivity index (χ1) is 13.8. The van der Waals surface area contributed by atoms with Crippen molar-refractivity contribution in [3.63, 3.8) is 0 Å². The molecule has 2 heterocycles. The molecule has 3 aromatic rings. The summed E-state index contributed by atoms with van der Waals surface area (Å²) in [6.45, 7) is 1.17. The van der Waals surface area contributed by atoms with Gasteiger partial charge in [-0.25, -0.2) is 12.7 Å². The Morgan fingerprint density at radius 2 is 1.79 bits per heavy atom. The second kappa shape index (κ2) is 7.74. The molecule has 1 amide bonds. The molecule has 1 aliphatic rings. The standard InChI is InChI=1S/C20H21N3O4S2/c1-22-17-9-8-16(12-18(17)28-20(22)25)21-19(24)15-6-4-14(5-7-15)13-29(26,27)23-10-2-3-11-23/h4-9,12H,2-3,10-11,13H2,1H3,(H,21,24). The number of carbonyl (C=O) groups is 1. The molecule has 152 valence electrons. The highest BCUT2D eigenvalue weighted by atomic mass is 32.2. The summed E-state index contributed by atoms with van der Waals surface area (Å²) in [6.07, 6.45) is 1.81. The second-order valence-corrected chi connectivity index (χ2v) is 10.1. The van der Waals surface area contributed by atoms with Crippen molar-refractivity contribution < 1.29 is 13.2 Å². The fraction of sp³-hybridized carbons (Fsp3) is 0.300. The van der Waals surface area contributed by atoms with E-state index in [1.165, 1.54) is 4.31 Å². The zero-order valence-corrected chi connectivity index (χ0v) is 17.6. The number of sulfonamides is 1. The molecule has 29 heavy (non-hydrogen) atoms. The van der Waals surface area contributed by atoms with E-state index >= 15 is 0 Å². The Kier molecular flexibility index (Phi) is 5.28. The molecule has 0 atom stereocenters. The molecule has 9 heteroatoms. The largest absolute Gasteiger partial charge is 0.322 e. The summed E-state index contributed by atoms with van der Waals surface area (Å²) in [5.74, 6) is -0.347. The number of fused-ring (bicyclic) bond motifs is 1. The third-order valence-corrected chi connectivity index (χ3v) is 7.92.